The lowest BCUT2D eigenvalue weighted by atomic mass is 10.1. The molecule has 20 heavy (non-hydrogen) atoms. The molecule has 0 aliphatic rings. The molecule has 2 N–H and O–H groups in total. The van der Waals surface area contributed by atoms with E-state index in [-0.39, 0.29) is 12.5 Å². The van der Waals surface area contributed by atoms with Crippen molar-refractivity contribution < 1.29 is 4.79 Å². The summed E-state index contributed by atoms with van der Waals surface area (Å²) in [6.07, 6.45) is 0. The number of hydrogen-bond acceptors (Lipinski definition) is 3. The number of aryl methyl sites for hydroxylation is 1. The lowest BCUT2D eigenvalue weighted by Gasteiger charge is -2.10. The van der Waals surface area contributed by atoms with Gasteiger partial charge < -0.3 is 10.6 Å². The zero-order valence-corrected chi connectivity index (χ0v) is 11.2. The Balaban J connectivity index is 1.97. The van der Waals surface area contributed by atoms with E-state index in [1.54, 1.807) is 12.1 Å². The van der Waals surface area contributed by atoms with Crippen LogP contribution in [0.4, 0.5) is 11.4 Å². The van der Waals surface area contributed by atoms with Crippen LogP contribution in [-0.2, 0) is 4.79 Å². The van der Waals surface area contributed by atoms with Crippen molar-refractivity contribution >= 4 is 17.3 Å². The number of nitriles is 1. The molecule has 1 amide bonds. The Morgan fingerprint density at radius 3 is 2.65 bits per heavy atom. The maximum Gasteiger partial charge on any atom is 0.243 e. The molecule has 0 bridgehead atoms. The Morgan fingerprint density at radius 2 is 1.95 bits per heavy atom. The Labute approximate surface area is 118 Å². The van der Waals surface area contributed by atoms with E-state index in [1.165, 1.54) is 0 Å². The third-order valence-electron chi connectivity index (χ3n) is 2.87. The van der Waals surface area contributed by atoms with E-state index in [0.29, 0.717) is 11.3 Å². The van der Waals surface area contributed by atoms with Crippen LogP contribution >= 0.6 is 0 Å². The maximum absolute atomic E-state index is 11.9. The molecule has 2 aromatic carbocycles. The topological polar surface area (TPSA) is 64.9 Å². The van der Waals surface area contributed by atoms with Crippen molar-refractivity contribution in [2.75, 3.05) is 17.2 Å². The minimum Gasteiger partial charge on any atom is -0.376 e. The van der Waals surface area contributed by atoms with Gasteiger partial charge in [0.15, 0.2) is 0 Å². The second-order valence-corrected chi connectivity index (χ2v) is 4.41. The molecule has 0 saturated carbocycles. The van der Waals surface area contributed by atoms with Crippen molar-refractivity contribution in [3.63, 3.8) is 0 Å². The van der Waals surface area contributed by atoms with Gasteiger partial charge in [0.25, 0.3) is 0 Å². The smallest absolute Gasteiger partial charge is 0.243 e. The van der Waals surface area contributed by atoms with E-state index in [2.05, 4.69) is 16.7 Å². The van der Waals surface area contributed by atoms with E-state index in [9.17, 15) is 4.79 Å². The fraction of sp³-hybridized carbons (Fsp3) is 0.125. The zero-order valence-electron chi connectivity index (χ0n) is 11.2. The average Bonchev–Trinajstić information content (AvgIpc) is 2.48. The summed E-state index contributed by atoms with van der Waals surface area (Å²) in [6.45, 7) is 2.07. The first-order valence-corrected chi connectivity index (χ1v) is 6.28. The highest BCUT2D eigenvalue weighted by Crippen LogP contribution is 2.16. The molecule has 0 aromatic heterocycles. The molecule has 0 fully saturated rings. The summed E-state index contributed by atoms with van der Waals surface area (Å²) in [6, 6.07) is 16.8. The van der Waals surface area contributed by atoms with Crippen LogP contribution in [0.5, 0.6) is 0 Å². The number of nitrogens with zero attached hydrogens (tertiary/aromatic N) is 1. The second-order valence-electron chi connectivity index (χ2n) is 4.41. The van der Waals surface area contributed by atoms with E-state index < -0.39 is 0 Å². The van der Waals surface area contributed by atoms with Gasteiger partial charge in [-0.05, 0) is 36.8 Å². The van der Waals surface area contributed by atoms with Gasteiger partial charge in [-0.1, -0.05) is 24.3 Å². The SMILES string of the molecule is Cc1ccc(C#N)cc1NC(=O)CNc1ccccc1. The predicted octanol–water partition coefficient (Wildman–Crippen LogP) is 2.92. The molecule has 4 heteroatoms. The summed E-state index contributed by atoms with van der Waals surface area (Å²) in [7, 11) is 0. The van der Waals surface area contributed by atoms with E-state index in [0.717, 1.165) is 11.3 Å². The van der Waals surface area contributed by atoms with Crippen molar-refractivity contribution in [1.29, 1.82) is 5.26 Å². The van der Waals surface area contributed by atoms with Crippen LogP contribution in [0.3, 0.4) is 0 Å². The van der Waals surface area contributed by atoms with Gasteiger partial charge in [-0.15, -0.1) is 0 Å². The summed E-state index contributed by atoms with van der Waals surface area (Å²) in [4.78, 5) is 11.9. The minimum absolute atomic E-state index is 0.146. The van der Waals surface area contributed by atoms with Crippen molar-refractivity contribution in [3.8, 4) is 6.07 Å². The number of hydrogen-bond donors (Lipinski definition) is 2. The molecule has 2 rings (SSSR count). The molecule has 0 unspecified atom stereocenters. The lowest BCUT2D eigenvalue weighted by Crippen LogP contribution is -2.22. The van der Waals surface area contributed by atoms with Gasteiger partial charge >= 0.3 is 0 Å². The van der Waals surface area contributed by atoms with Crippen molar-refractivity contribution in [2.45, 2.75) is 6.92 Å². The molecule has 0 heterocycles. The molecule has 0 atom stereocenters. The van der Waals surface area contributed by atoms with Gasteiger partial charge in [-0.25, -0.2) is 0 Å². The number of benzene rings is 2. The number of amides is 1. The summed E-state index contributed by atoms with van der Waals surface area (Å²) in [5, 5.41) is 14.7. The first kappa shape index (κ1) is 13.6. The van der Waals surface area contributed by atoms with Crippen LogP contribution in [-0.4, -0.2) is 12.5 Å². The van der Waals surface area contributed by atoms with Crippen LogP contribution in [0.1, 0.15) is 11.1 Å². The molecule has 2 aromatic rings. The van der Waals surface area contributed by atoms with Crippen molar-refractivity contribution in [2.24, 2.45) is 0 Å². The zero-order chi connectivity index (χ0) is 14.4. The summed E-state index contributed by atoms with van der Waals surface area (Å²) in [5.74, 6) is -0.146. The number of nitrogens with one attached hydrogen (secondary N) is 2. The molecule has 4 nitrogen and oxygen atoms in total. The highest BCUT2D eigenvalue weighted by molar-refractivity contribution is 5.94. The number of rotatable bonds is 4. The van der Waals surface area contributed by atoms with Crippen LogP contribution in [0.25, 0.3) is 0 Å². The summed E-state index contributed by atoms with van der Waals surface area (Å²) < 4.78 is 0. The number of carbonyl (C=O) groups is 1. The quantitative estimate of drug-likeness (QED) is 0.893. The monoisotopic (exact) mass is 265 g/mol. The van der Waals surface area contributed by atoms with Crippen molar-refractivity contribution in [3.05, 3.63) is 59.7 Å². The van der Waals surface area contributed by atoms with Crippen molar-refractivity contribution in [1.82, 2.24) is 0 Å². The molecular formula is C16H15N3O. The van der Waals surface area contributed by atoms with E-state index >= 15 is 0 Å². The van der Waals surface area contributed by atoms with Crippen LogP contribution in [0, 0.1) is 18.3 Å². The molecule has 100 valence electrons. The van der Waals surface area contributed by atoms with Crippen LogP contribution < -0.4 is 10.6 Å². The van der Waals surface area contributed by atoms with E-state index in [4.69, 9.17) is 5.26 Å². The van der Waals surface area contributed by atoms with Gasteiger partial charge in [0, 0.05) is 11.4 Å². The molecule has 0 spiro atoms. The molecule has 0 saturated heterocycles. The minimum atomic E-state index is -0.146. The Morgan fingerprint density at radius 1 is 1.20 bits per heavy atom. The summed E-state index contributed by atoms with van der Waals surface area (Å²) >= 11 is 0. The summed E-state index contributed by atoms with van der Waals surface area (Å²) in [5.41, 5.74) is 3.02. The first-order valence-electron chi connectivity index (χ1n) is 6.28. The maximum atomic E-state index is 11.9. The largest absolute Gasteiger partial charge is 0.376 e. The fourth-order valence-corrected chi connectivity index (χ4v) is 1.76. The van der Waals surface area contributed by atoms with Gasteiger partial charge in [-0.2, -0.15) is 5.26 Å². The Kier molecular flexibility index (Phi) is 4.35. The first-order chi connectivity index (χ1) is 9.69. The highest BCUT2D eigenvalue weighted by atomic mass is 16.1. The van der Waals surface area contributed by atoms with Crippen LogP contribution in [0.2, 0.25) is 0 Å². The third kappa shape index (κ3) is 3.59. The Hall–Kier alpha value is -2.80. The predicted molar refractivity (Wildman–Crippen MR) is 79.5 cm³/mol. The van der Waals surface area contributed by atoms with Gasteiger partial charge in [0.05, 0.1) is 18.2 Å². The second kappa shape index (κ2) is 6.39. The fourth-order valence-electron chi connectivity index (χ4n) is 1.76. The number of carbonyl (C=O) groups excluding carboxylic acids is 1. The van der Waals surface area contributed by atoms with Crippen LogP contribution in [0.15, 0.2) is 48.5 Å². The standard InChI is InChI=1S/C16H15N3O/c1-12-7-8-13(10-17)9-15(12)19-16(20)11-18-14-5-3-2-4-6-14/h2-9,18H,11H2,1H3,(H,19,20). The van der Waals surface area contributed by atoms with E-state index in [1.807, 2.05) is 43.3 Å². The Bertz CT molecular complexity index is 645. The molecule has 0 aliphatic heterocycles. The van der Waals surface area contributed by atoms with Gasteiger partial charge in [0.2, 0.25) is 5.91 Å². The highest BCUT2D eigenvalue weighted by Gasteiger charge is 2.05. The van der Waals surface area contributed by atoms with Gasteiger partial charge in [-0.3, -0.25) is 4.79 Å². The molecule has 0 radical (unpaired) electrons. The third-order valence-corrected chi connectivity index (χ3v) is 2.87. The molecule has 0 aliphatic carbocycles. The van der Waals surface area contributed by atoms with Gasteiger partial charge in [0.1, 0.15) is 0 Å². The average molecular weight is 265 g/mol. The molecular weight excluding hydrogens is 250 g/mol. The lowest BCUT2D eigenvalue weighted by molar-refractivity contribution is -0.114. The normalized spacial score (nSPS) is 9.60. The number of para-hydroxylation sites is 1. The number of anilines is 2.